The van der Waals surface area contributed by atoms with Gasteiger partial charge in [-0.3, -0.25) is 4.79 Å². The van der Waals surface area contributed by atoms with Crippen molar-refractivity contribution in [1.29, 1.82) is 0 Å². The minimum Gasteiger partial charge on any atom is -0.327 e. The topological polar surface area (TPSA) is 33.5 Å². The van der Waals surface area contributed by atoms with Gasteiger partial charge in [-0.05, 0) is 37.8 Å². The fraction of sp³-hybridized carbons (Fsp3) is 0.562. The zero-order chi connectivity index (χ0) is 16.2. The molecule has 0 heterocycles. The van der Waals surface area contributed by atoms with Crippen molar-refractivity contribution in [3.63, 3.8) is 0 Å². The molecule has 2 rings (SSSR count). The molecular formula is C16H22F3N2O+. The number of hydrogen-bond acceptors (Lipinski definition) is 1. The van der Waals surface area contributed by atoms with Crippen LogP contribution >= 0.6 is 0 Å². The van der Waals surface area contributed by atoms with Crippen LogP contribution in [0.5, 0.6) is 0 Å². The van der Waals surface area contributed by atoms with E-state index in [1.165, 1.54) is 37.5 Å². The zero-order valence-electron chi connectivity index (χ0n) is 12.7. The maximum atomic E-state index is 12.9. The van der Waals surface area contributed by atoms with Crippen molar-refractivity contribution in [1.82, 2.24) is 0 Å². The Morgan fingerprint density at radius 2 is 1.86 bits per heavy atom. The molecule has 1 saturated carbocycles. The summed E-state index contributed by atoms with van der Waals surface area (Å²) in [7, 11) is 1.94. The summed E-state index contributed by atoms with van der Waals surface area (Å²) in [5, 5.41) is 2.41. The third-order valence-corrected chi connectivity index (χ3v) is 4.25. The largest absolute Gasteiger partial charge is 0.418 e. The number of para-hydroxylation sites is 1. The van der Waals surface area contributed by atoms with Crippen molar-refractivity contribution < 1.29 is 22.9 Å². The summed E-state index contributed by atoms with van der Waals surface area (Å²) in [6.45, 7) is 0.191. The number of carbonyl (C=O) groups is 1. The fourth-order valence-electron chi connectivity index (χ4n) is 3.03. The molecule has 122 valence electrons. The van der Waals surface area contributed by atoms with E-state index in [2.05, 4.69) is 5.32 Å². The van der Waals surface area contributed by atoms with Gasteiger partial charge in [0.25, 0.3) is 5.91 Å². The van der Waals surface area contributed by atoms with Gasteiger partial charge in [-0.1, -0.05) is 18.6 Å². The van der Waals surface area contributed by atoms with Crippen molar-refractivity contribution in [2.24, 2.45) is 0 Å². The third kappa shape index (κ3) is 4.47. The summed E-state index contributed by atoms with van der Waals surface area (Å²) in [6.07, 6.45) is 1.26. The Morgan fingerprint density at radius 3 is 2.50 bits per heavy atom. The van der Waals surface area contributed by atoms with Gasteiger partial charge in [0.05, 0.1) is 24.3 Å². The van der Waals surface area contributed by atoms with Crippen LogP contribution in [-0.2, 0) is 11.0 Å². The Hall–Kier alpha value is -1.56. The molecule has 1 fully saturated rings. The molecule has 1 amide bonds. The number of rotatable bonds is 4. The molecule has 0 radical (unpaired) electrons. The molecule has 1 aliphatic carbocycles. The number of hydrogen-bond donors (Lipinski definition) is 2. The van der Waals surface area contributed by atoms with Crippen LogP contribution < -0.4 is 10.2 Å². The zero-order valence-corrected chi connectivity index (χ0v) is 12.7. The van der Waals surface area contributed by atoms with Gasteiger partial charge >= 0.3 is 6.18 Å². The second-order valence-electron chi connectivity index (χ2n) is 5.95. The Labute approximate surface area is 128 Å². The number of alkyl halides is 3. The molecular weight excluding hydrogens is 293 g/mol. The Kier molecular flexibility index (Phi) is 5.45. The molecule has 0 aromatic heterocycles. The van der Waals surface area contributed by atoms with E-state index in [4.69, 9.17) is 0 Å². The number of carbonyl (C=O) groups excluding carboxylic acids is 1. The highest BCUT2D eigenvalue weighted by Gasteiger charge is 2.34. The van der Waals surface area contributed by atoms with Crippen molar-refractivity contribution in [3.05, 3.63) is 29.8 Å². The predicted molar refractivity (Wildman–Crippen MR) is 78.7 cm³/mol. The molecule has 1 atom stereocenters. The lowest BCUT2D eigenvalue weighted by atomic mass is 9.94. The average Bonchev–Trinajstić information content (AvgIpc) is 2.47. The van der Waals surface area contributed by atoms with E-state index < -0.39 is 11.7 Å². The second-order valence-corrected chi connectivity index (χ2v) is 5.95. The Morgan fingerprint density at radius 1 is 1.23 bits per heavy atom. The minimum absolute atomic E-state index is 0.170. The van der Waals surface area contributed by atoms with Crippen LogP contribution in [0.1, 0.15) is 37.7 Å². The molecule has 22 heavy (non-hydrogen) atoms. The van der Waals surface area contributed by atoms with Gasteiger partial charge < -0.3 is 10.2 Å². The number of quaternary nitrogens is 1. The van der Waals surface area contributed by atoms with Gasteiger partial charge in [0, 0.05) is 0 Å². The summed E-state index contributed by atoms with van der Waals surface area (Å²) >= 11 is 0. The van der Waals surface area contributed by atoms with Crippen molar-refractivity contribution >= 4 is 11.6 Å². The molecule has 0 spiro atoms. The van der Waals surface area contributed by atoms with Gasteiger partial charge in [-0.25, -0.2) is 0 Å². The van der Waals surface area contributed by atoms with Crippen molar-refractivity contribution in [3.8, 4) is 0 Å². The van der Waals surface area contributed by atoms with Crippen LogP contribution in [0.25, 0.3) is 0 Å². The summed E-state index contributed by atoms with van der Waals surface area (Å²) < 4.78 is 38.7. The molecule has 1 unspecified atom stereocenters. The van der Waals surface area contributed by atoms with Crippen LogP contribution in [0.3, 0.4) is 0 Å². The third-order valence-electron chi connectivity index (χ3n) is 4.25. The summed E-state index contributed by atoms with van der Waals surface area (Å²) in [6, 6.07) is 5.50. The second kappa shape index (κ2) is 7.13. The predicted octanol–water partition coefficient (Wildman–Crippen LogP) is 2.49. The van der Waals surface area contributed by atoms with Crippen molar-refractivity contribution in [2.75, 3.05) is 18.9 Å². The van der Waals surface area contributed by atoms with Crippen LogP contribution in [0.15, 0.2) is 24.3 Å². The lowest BCUT2D eigenvalue weighted by Gasteiger charge is -2.27. The molecule has 6 heteroatoms. The monoisotopic (exact) mass is 315 g/mol. The van der Waals surface area contributed by atoms with Gasteiger partial charge in [0.15, 0.2) is 6.54 Å². The number of anilines is 1. The first-order chi connectivity index (χ1) is 10.4. The van der Waals surface area contributed by atoms with Gasteiger partial charge in [0.1, 0.15) is 0 Å². The van der Waals surface area contributed by atoms with Gasteiger partial charge in [-0.15, -0.1) is 0 Å². The molecule has 1 aromatic carbocycles. The average molecular weight is 315 g/mol. The number of benzene rings is 1. The maximum absolute atomic E-state index is 12.9. The number of nitrogens with one attached hydrogen (secondary N) is 2. The lowest BCUT2D eigenvalue weighted by molar-refractivity contribution is -0.899. The number of likely N-dealkylation sites (N-methyl/N-ethyl adjacent to an activating group) is 1. The SMILES string of the molecule is C[NH+](CC(=O)Nc1ccccc1C(F)(F)F)C1CCCCC1. The normalized spacial score (nSPS) is 18.0. The molecule has 1 aliphatic rings. The minimum atomic E-state index is -4.47. The Bertz CT molecular complexity index is 510. The van der Waals surface area contributed by atoms with E-state index >= 15 is 0 Å². The first-order valence-corrected chi connectivity index (χ1v) is 7.66. The molecule has 1 aromatic rings. The molecule has 0 saturated heterocycles. The fourth-order valence-corrected chi connectivity index (χ4v) is 3.03. The summed E-state index contributed by atoms with van der Waals surface area (Å²) in [5.74, 6) is -0.375. The Balaban J connectivity index is 1.97. The van der Waals surface area contributed by atoms with Crippen molar-refractivity contribution in [2.45, 2.75) is 44.3 Å². The van der Waals surface area contributed by atoms with E-state index in [1.807, 2.05) is 7.05 Å². The van der Waals surface area contributed by atoms with Gasteiger partial charge in [0.2, 0.25) is 0 Å². The summed E-state index contributed by atoms with van der Waals surface area (Å²) in [4.78, 5) is 13.1. The molecule has 2 N–H and O–H groups in total. The first-order valence-electron chi connectivity index (χ1n) is 7.66. The number of halogens is 3. The van der Waals surface area contributed by atoms with E-state index in [-0.39, 0.29) is 18.1 Å². The van der Waals surface area contributed by atoms with Gasteiger partial charge in [-0.2, -0.15) is 13.2 Å². The van der Waals surface area contributed by atoms with Crippen LogP contribution in [0.2, 0.25) is 0 Å². The van der Waals surface area contributed by atoms with Crippen LogP contribution in [0.4, 0.5) is 18.9 Å². The molecule has 0 bridgehead atoms. The number of amides is 1. The molecule has 0 aliphatic heterocycles. The smallest absolute Gasteiger partial charge is 0.327 e. The summed E-state index contributed by atoms with van der Waals surface area (Å²) in [5.41, 5.74) is -0.977. The lowest BCUT2D eigenvalue weighted by Crippen LogP contribution is -3.14. The van der Waals surface area contributed by atoms with E-state index in [0.29, 0.717) is 6.04 Å². The highest BCUT2D eigenvalue weighted by atomic mass is 19.4. The van der Waals surface area contributed by atoms with E-state index in [0.717, 1.165) is 23.8 Å². The van der Waals surface area contributed by atoms with Crippen LogP contribution in [0, 0.1) is 0 Å². The first kappa shape index (κ1) is 16.8. The molecule has 3 nitrogen and oxygen atoms in total. The van der Waals surface area contributed by atoms with E-state index in [1.54, 1.807) is 0 Å². The quantitative estimate of drug-likeness (QED) is 0.879. The maximum Gasteiger partial charge on any atom is 0.418 e. The van der Waals surface area contributed by atoms with Crippen LogP contribution in [-0.4, -0.2) is 25.5 Å². The standard InChI is InChI=1S/C16H21F3N2O/c1-21(12-7-3-2-4-8-12)11-15(22)20-14-10-6-5-9-13(14)16(17,18)19/h5-6,9-10,12H,2-4,7-8,11H2,1H3,(H,20,22)/p+1. The van der Waals surface area contributed by atoms with E-state index in [9.17, 15) is 18.0 Å². The highest BCUT2D eigenvalue weighted by molar-refractivity contribution is 5.92. The highest BCUT2D eigenvalue weighted by Crippen LogP contribution is 2.34.